The Balaban J connectivity index is 2.16. The van der Waals surface area contributed by atoms with Crippen molar-refractivity contribution in [3.63, 3.8) is 0 Å². The molecule has 0 amide bonds. The molecular weight excluding hydrogens is 210 g/mol. The Morgan fingerprint density at radius 2 is 2.20 bits per heavy atom. The zero-order valence-electron chi connectivity index (χ0n) is 8.49. The highest BCUT2D eigenvalue weighted by Crippen LogP contribution is 2.28. The molecule has 1 heterocycles. The summed E-state index contributed by atoms with van der Waals surface area (Å²) in [5.74, 6) is 0. The molecule has 0 aromatic carbocycles. The number of nitrogens with zero attached hydrogens (tertiary/aromatic N) is 1. The smallest absolute Gasteiger partial charge is 0.117 e. The number of pyridine rings is 1. The van der Waals surface area contributed by atoms with Crippen molar-refractivity contribution in [3.8, 4) is 0 Å². The van der Waals surface area contributed by atoms with Crippen molar-refractivity contribution in [2.75, 3.05) is 0 Å². The molecule has 1 aromatic rings. The predicted octanol–water partition coefficient (Wildman–Crippen LogP) is 3.27. The van der Waals surface area contributed by atoms with Crippen LogP contribution in [-0.4, -0.2) is 10.1 Å². The molecule has 15 heavy (non-hydrogen) atoms. The van der Waals surface area contributed by atoms with Crippen LogP contribution >= 0.6 is 11.6 Å². The zero-order valence-corrected chi connectivity index (χ0v) is 9.24. The zero-order chi connectivity index (χ0) is 10.7. The Kier molecular flexibility index (Phi) is 3.39. The van der Waals surface area contributed by atoms with Crippen molar-refractivity contribution < 1.29 is 5.11 Å². The van der Waals surface area contributed by atoms with Crippen molar-refractivity contribution in [3.05, 3.63) is 40.7 Å². The van der Waals surface area contributed by atoms with Crippen LogP contribution in [0.1, 0.15) is 37.5 Å². The van der Waals surface area contributed by atoms with Gasteiger partial charge in [0.1, 0.15) is 6.10 Å². The topological polar surface area (TPSA) is 33.1 Å². The van der Waals surface area contributed by atoms with Gasteiger partial charge in [-0.25, -0.2) is 0 Å². The summed E-state index contributed by atoms with van der Waals surface area (Å²) in [6.07, 6.45) is 7.59. The summed E-state index contributed by atoms with van der Waals surface area (Å²) in [5.41, 5.74) is 1.78. The molecule has 0 fully saturated rings. The van der Waals surface area contributed by atoms with E-state index < -0.39 is 6.10 Å². The SMILES string of the molecule is OC(C1=CCCCC1)c1ccc(Cl)cn1. The van der Waals surface area contributed by atoms with E-state index in [0.717, 1.165) is 24.8 Å². The Labute approximate surface area is 94.6 Å². The van der Waals surface area contributed by atoms with Gasteiger partial charge in [-0.1, -0.05) is 17.7 Å². The van der Waals surface area contributed by atoms with Crippen LogP contribution in [0.4, 0.5) is 0 Å². The third-order valence-electron chi connectivity index (χ3n) is 2.71. The second-order valence-electron chi connectivity index (χ2n) is 3.83. The summed E-state index contributed by atoms with van der Waals surface area (Å²) in [4.78, 5) is 4.13. The van der Waals surface area contributed by atoms with Gasteiger partial charge >= 0.3 is 0 Å². The lowest BCUT2D eigenvalue weighted by molar-refractivity contribution is 0.203. The van der Waals surface area contributed by atoms with Gasteiger partial charge in [-0.3, -0.25) is 4.98 Å². The molecule has 1 N–H and O–H groups in total. The first-order chi connectivity index (χ1) is 7.27. The molecule has 1 aliphatic carbocycles. The van der Waals surface area contributed by atoms with Gasteiger partial charge in [-0.05, 0) is 43.4 Å². The van der Waals surface area contributed by atoms with Crippen molar-refractivity contribution >= 4 is 11.6 Å². The molecule has 0 saturated heterocycles. The lowest BCUT2D eigenvalue weighted by Gasteiger charge is -2.18. The van der Waals surface area contributed by atoms with Gasteiger partial charge in [0.05, 0.1) is 10.7 Å². The van der Waals surface area contributed by atoms with Crippen molar-refractivity contribution in [1.29, 1.82) is 0 Å². The van der Waals surface area contributed by atoms with Crippen LogP contribution in [0.2, 0.25) is 5.02 Å². The third kappa shape index (κ3) is 2.58. The number of hydrogen-bond acceptors (Lipinski definition) is 2. The van der Waals surface area contributed by atoms with Crippen molar-refractivity contribution in [1.82, 2.24) is 4.98 Å². The van der Waals surface area contributed by atoms with Gasteiger partial charge in [0.15, 0.2) is 0 Å². The lowest BCUT2D eigenvalue weighted by Crippen LogP contribution is -2.06. The molecule has 2 nitrogen and oxygen atoms in total. The fraction of sp³-hybridized carbons (Fsp3) is 0.417. The first-order valence-electron chi connectivity index (χ1n) is 5.26. The quantitative estimate of drug-likeness (QED) is 0.781. The van der Waals surface area contributed by atoms with Gasteiger partial charge in [0.25, 0.3) is 0 Å². The van der Waals surface area contributed by atoms with Crippen molar-refractivity contribution in [2.45, 2.75) is 31.8 Å². The molecule has 0 aliphatic heterocycles. The molecule has 1 aliphatic rings. The largest absolute Gasteiger partial charge is 0.382 e. The fourth-order valence-electron chi connectivity index (χ4n) is 1.85. The van der Waals surface area contributed by atoms with E-state index in [2.05, 4.69) is 11.1 Å². The maximum atomic E-state index is 10.1. The summed E-state index contributed by atoms with van der Waals surface area (Å²) in [6, 6.07) is 3.54. The van der Waals surface area contributed by atoms with E-state index in [4.69, 9.17) is 11.6 Å². The molecular formula is C12H14ClNO. The molecule has 0 spiro atoms. The number of aromatic nitrogens is 1. The maximum absolute atomic E-state index is 10.1. The standard InChI is InChI=1S/C12H14ClNO/c13-10-6-7-11(14-8-10)12(15)9-4-2-1-3-5-9/h4,6-8,12,15H,1-3,5H2. The maximum Gasteiger partial charge on any atom is 0.117 e. The van der Waals surface area contributed by atoms with Crippen LogP contribution < -0.4 is 0 Å². The Morgan fingerprint density at radius 1 is 1.33 bits per heavy atom. The Bertz CT molecular complexity index is 358. The molecule has 2 rings (SSSR count). The average molecular weight is 224 g/mol. The highest BCUT2D eigenvalue weighted by molar-refractivity contribution is 6.30. The van der Waals surface area contributed by atoms with E-state index in [9.17, 15) is 5.11 Å². The van der Waals surface area contributed by atoms with Crippen LogP contribution in [0.15, 0.2) is 30.0 Å². The summed E-state index contributed by atoms with van der Waals surface area (Å²) in [6.45, 7) is 0. The monoisotopic (exact) mass is 223 g/mol. The van der Waals surface area contributed by atoms with E-state index in [0.29, 0.717) is 10.7 Å². The molecule has 1 aromatic heterocycles. The number of aliphatic hydroxyl groups excluding tert-OH is 1. The minimum Gasteiger partial charge on any atom is -0.382 e. The second-order valence-corrected chi connectivity index (χ2v) is 4.27. The van der Waals surface area contributed by atoms with Crippen LogP contribution in [0.3, 0.4) is 0 Å². The highest BCUT2D eigenvalue weighted by atomic mass is 35.5. The van der Waals surface area contributed by atoms with Crippen LogP contribution in [0, 0.1) is 0 Å². The first-order valence-corrected chi connectivity index (χ1v) is 5.63. The van der Waals surface area contributed by atoms with E-state index in [-0.39, 0.29) is 0 Å². The van der Waals surface area contributed by atoms with Crippen LogP contribution in [0.5, 0.6) is 0 Å². The number of halogens is 1. The van der Waals surface area contributed by atoms with E-state index in [1.54, 1.807) is 18.3 Å². The molecule has 0 radical (unpaired) electrons. The first kappa shape index (κ1) is 10.7. The Morgan fingerprint density at radius 3 is 2.80 bits per heavy atom. The number of hydrogen-bond donors (Lipinski definition) is 1. The predicted molar refractivity (Wildman–Crippen MR) is 60.8 cm³/mol. The van der Waals surface area contributed by atoms with Gasteiger partial charge in [0.2, 0.25) is 0 Å². The normalized spacial score (nSPS) is 18.4. The van der Waals surface area contributed by atoms with Gasteiger partial charge in [-0.2, -0.15) is 0 Å². The Hall–Kier alpha value is -0.860. The van der Waals surface area contributed by atoms with Gasteiger partial charge in [-0.15, -0.1) is 0 Å². The van der Waals surface area contributed by atoms with Gasteiger partial charge in [0, 0.05) is 6.20 Å². The third-order valence-corrected chi connectivity index (χ3v) is 2.93. The summed E-state index contributed by atoms with van der Waals surface area (Å²) in [5, 5.41) is 10.7. The summed E-state index contributed by atoms with van der Waals surface area (Å²) >= 11 is 5.74. The van der Waals surface area contributed by atoms with E-state index in [1.807, 2.05) is 0 Å². The lowest BCUT2D eigenvalue weighted by atomic mass is 9.94. The number of aliphatic hydroxyl groups is 1. The van der Waals surface area contributed by atoms with E-state index in [1.165, 1.54) is 6.42 Å². The molecule has 0 bridgehead atoms. The summed E-state index contributed by atoms with van der Waals surface area (Å²) < 4.78 is 0. The fourth-order valence-corrected chi connectivity index (χ4v) is 1.96. The summed E-state index contributed by atoms with van der Waals surface area (Å²) in [7, 11) is 0. The molecule has 0 saturated carbocycles. The average Bonchev–Trinajstić information content (AvgIpc) is 2.30. The minimum absolute atomic E-state index is 0.553. The van der Waals surface area contributed by atoms with E-state index >= 15 is 0 Å². The molecule has 3 heteroatoms. The molecule has 1 unspecified atom stereocenters. The van der Waals surface area contributed by atoms with Crippen LogP contribution in [-0.2, 0) is 0 Å². The number of allylic oxidation sites excluding steroid dienone is 1. The minimum atomic E-state index is -0.553. The van der Waals surface area contributed by atoms with Crippen molar-refractivity contribution in [2.24, 2.45) is 0 Å². The molecule has 80 valence electrons. The highest BCUT2D eigenvalue weighted by Gasteiger charge is 2.16. The molecule has 1 atom stereocenters. The number of rotatable bonds is 2. The second kappa shape index (κ2) is 4.77. The van der Waals surface area contributed by atoms with Crippen LogP contribution in [0.25, 0.3) is 0 Å². The van der Waals surface area contributed by atoms with Gasteiger partial charge < -0.3 is 5.11 Å².